The van der Waals surface area contributed by atoms with Crippen molar-refractivity contribution >= 4 is 21.8 Å². The van der Waals surface area contributed by atoms with Crippen LogP contribution in [0.15, 0.2) is 24.3 Å². The van der Waals surface area contributed by atoms with Crippen LogP contribution < -0.4 is 5.32 Å². The number of alkyl halides is 1. The van der Waals surface area contributed by atoms with Crippen molar-refractivity contribution in [3.63, 3.8) is 0 Å². The molecule has 84 valence electrons. The van der Waals surface area contributed by atoms with Gasteiger partial charge in [-0.3, -0.25) is 4.79 Å². The number of halogens is 1. The lowest BCUT2D eigenvalue weighted by molar-refractivity contribution is 0.0953. The van der Waals surface area contributed by atoms with Gasteiger partial charge in [0.1, 0.15) is 0 Å². The Morgan fingerprint density at radius 2 is 2.00 bits per heavy atom. The first-order chi connectivity index (χ1) is 7.77. The van der Waals surface area contributed by atoms with E-state index in [1.165, 1.54) is 0 Å². The van der Waals surface area contributed by atoms with Crippen molar-refractivity contribution in [2.75, 3.05) is 11.9 Å². The van der Waals surface area contributed by atoms with Gasteiger partial charge >= 0.3 is 0 Å². The minimum absolute atomic E-state index is 0.0842. The molecule has 0 fully saturated rings. The molecule has 0 aliphatic rings. The molecule has 0 saturated heterocycles. The summed E-state index contributed by atoms with van der Waals surface area (Å²) in [6.45, 7) is 0.685. The standard InChI is InChI=1S/C12H13BrN2O/c13-7-1-2-8-15-12(16)11-5-3-10(9-14)4-6-11/h3-6H,1-2,7-8H2,(H,15,16). The molecule has 0 radical (unpaired) electrons. The predicted octanol–water partition coefficient (Wildman–Crippen LogP) is 2.46. The lowest BCUT2D eigenvalue weighted by Gasteiger charge is -2.04. The van der Waals surface area contributed by atoms with Crippen molar-refractivity contribution in [1.29, 1.82) is 5.26 Å². The molecular formula is C12H13BrN2O. The van der Waals surface area contributed by atoms with Gasteiger partial charge in [0.2, 0.25) is 0 Å². The number of nitrogens with zero attached hydrogens (tertiary/aromatic N) is 1. The summed E-state index contributed by atoms with van der Waals surface area (Å²) in [5.74, 6) is -0.0842. The van der Waals surface area contributed by atoms with E-state index < -0.39 is 0 Å². The van der Waals surface area contributed by atoms with Crippen LogP contribution in [-0.4, -0.2) is 17.8 Å². The molecule has 1 aromatic rings. The number of benzene rings is 1. The molecule has 16 heavy (non-hydrogen) atoms. The summed E-state index contributed by atoms with van der Waals surface area (Å²) >= 11 is 3.33. The Morgan fingerprint density at radius 1 is 1.31 bits per heavy atom. The van der Waals surface area contributed by atoms with Crippen LogP contribution in [0.25, 0.3) is 0 Å². The first kappa shape index (κ1) is 12.7. The summed E-state index contributed by atoms with van der Waals surface area (Å²) in [5, 5.41) is 12.4. The summed E-state index contributed by atoms with van der Waals surface area (Å²) in [5.41, 5.74) is 1.16. The molecule has 0 unspecified atom stereocenters. The predicted molar refractivity (Wildman–Crippen MR) is 66.5 cm³/mol. The number of nitrogens with one attached hydrogen (secondary N) is 1. The van der Waals surface area contributed by atoms with E-state index >= 15 is 0 Å². The Bertz CT molecular complexity index is 381. The van der Waals surface area contributed by atoms with Crippen molar-refractivity contribution in [2.45, 2.75) is 12.8 Å². The summed E-state index contributed by atoms with van der Waals surface area (Å²) in [6.07, 6.45) is 2.01. The lowest BCUT2D eigenvalue weighted by Crippen LogP contribution is -2.24. The van der Waals surface area contributed by atoms with Crippen LogP contribution in [0.4, 0.5) is 0 Å². The van der Waals surface area contributed by atoms with Crippen molar-refractivity contribution in [1.82, 2.24) is 5.32 Å². The third kappa shape index (κ3) is 4.03. The molecule has 1 amide bonds. The highest BCUT2D eigenvalue weighted by atomic mass is 79.9. The first-order valence-electron chi connectivity index (χ1n) is 5.12. The number of hydrogen-bond donors (Lipinski definition) is 1. The second-order valence-electron chi connectivity index (χ2n) is 3.34. The van der Waals surface area contributed by atoms with Crippen molar-refractivity contribution in [3.8, 4) is 6.07 Å². The van der Waals surface area contributed by atoms with E-state index in [1.807, 2.05) is 6.07 Å². The highest BCUT2D eigenvalue weighted by Gasteiger charge is 2.03. The Balaban J connectivity index is 2.44. The smallest absolute Gasteiger partial charge is 0.251 e. The minimum Gasteiger partial charge on any atom is -0.352 e. The van der Waals surface area contributed by atoms with Gasteiger partial charge in [-0.1, -0.05) is 15.9 Å². The zero-order chi connectivity index (χ0) is 11.8. The Morgan fingerprint density at radius 3 is 2.56 bits per heavy atom. The topological polar surface area (TPSA) is 52.9 Å². The summed E-state index contributed by atoms with van der Waals surface area (Å²) in [4.78, 5) is 11.6. The molecule has 0 aromatic heterocycles. The molecule has 0 aliphatic heterocycles. The average molecular weight is 281 g/mol. The Labute approximate surface area is 104 Å². The monoisotopic (exact) mass is 280 g/mol. The molecule has 0 atom stereocenters. The van der Waals surface area contributed by atoms with Crippen LogP contribution in [-0.2, 0) is 0 Å². The number of nitriles is 1. The van der Waals surface area contributed by atoms with Gasteiger partial charge in [0.25, 0.3) is 5.91 Å². The average Bonchev–Trinajstić information content (AvgIpc) is 2.34. The van der Waals surface area contributed by atoms with Crippen molar-refractivity contribution in [3.05, 3.63) is 35.4 Å². The molecule has 1 rings (SSSR count). The third-order valence-electron chi connectivity index (χ3n) is 2.12. The molecule has 0 saturated carbocycles. The molecule has 3 nitrogen and oxygen atoms in total. The summed E-state index contributed by atoms with van der Waals surface area (Å²) in [6, 6.07) is 8.64. The second-order valence-corrected chi connectivity index (χ2v) is 4.13. The van der Waals surface area contributed by atoms with Gasteiger partial charge < -0.3 is 5.32 Å². The number of carbonyl (C=O) groups is 1. The normalized spacial score (nSPS) is 9.50. The molecule has 4 heteroatoms. The first-order valence-corrected chi connectivity index (χ1v) is 6.24. The lowest BCUT2D eigenvalue weighted by atomic mass is 10.1. The van der Waals surface area contributed by atoms with E-state index in [0.29, 0.717) is 17.7 Å². The highest BCUT2D eigenvalue weighted by Crippen LogP contribution is 2.03. The van der Waals surface area contributed by atoms with Crippen molar-refractivity contribution < 1.29 is 4.79 Å². The van der Waals surface area contributed by atoms with E-state index in [4.69, 9.17) is 5.26 Å². The van der Waals surface area contributed by atoms with Gasteiger partial charge in [-0.15, -0.1) is 0 Å². The highest BCUT2D eigenvalue weighted by molar-refractivity contribution is 9.09. The maximum atomic E-state index is 11.6. The number of unbranched alkanes of at least 4 members (excludes halogenated alkanes) is 1. The number of rotatable bonds is 5. The van der Waals surface area contributed by atoms with Crippen LogP contribution in [0.2, 0.25) is 0 Å². The fourth-order valence-corrected chi connectivity index (χ4v) is 1.62. The van der Waals surface area contributed by atoms with Crippen LogP contribution in [0.1, 0.15) is 28.8 Å². The Kier molecular flexibility index (Phi) is 5.58. The maximum absolute atomic E-state index is 11.6. The fourth-order valence-electron chi connectivity index (χ4n) is 1.22. The van der Waals surface area contributed by atoms with E-state index in [1.54, 1.807) is 24.3 Å². The number of hydrogen-bond acceptors (Lipinski definition) is 2. The third-order valence-corrected chi connectivity index (χ3v) is 2.68. The molecule has 0 aliphatic carbocycles. The van der Waals surface area contributed by atoms with Crippen molar-refractivity contribution in [2.24, 2.45) is 0 Å². The SMILES string of the molecule is N#Cc1ccc(C(=O)NCCCCBr)cc1. The molecule has 0 spiro atoms. The maximum Gasteiger partial charge on any atom is 0.251 e. The van der Waals surface area contributed by atoms with Crippen LogP contribution in [0, 0.1) is 11.3 Å². The zero-order valence-electron chi connectivity index (χ0n) is 8.87. The van der Waals surface area contributed by atoms with E-state index in [0.717, 1.165) is 18.2 Å². The molecule has 1 aromatic carbocycles. The molecular weight excluding hydrogens is 268 g/mol. The van der Waals surface area contributed by atoms with Gasteiger partial charge in [0.15, 0.2) is 0 Å². The van der Waals surface area contributed by atoms with Gasteiger partial charge in [-0.2, -0.15) is 5.26 Å². The number of amides is 1. The summed E-state index contributed by atoms with van der Waals surface area (Å²) in [7, 11) is 0. The van der Waals surface area contributed by atoms with Gasteiger partial charge in [0.05, 0.1) is 11.6 Å². The van der Waals surface area contributed by atoms with E-state index in [9.17, 15) is 4.79 Å². The fraction of sp³-hybridized carbons (Fsp3) is 0.333. The van der Waals surface area contributed by atoms with Gasteiger partial charge in [-0.05, 0) is 37.1 Å². The minimum atomic E-state index is -0.0842. The van der Waals surface area contributed by atoms with Gasteiger partial charge in [-0.25, -0.2) is 0 Å². The van der Waals surface area contributed by atoms with E-state index in [2.05, 4.69) is 21.2 Å². The largest absolute Gasteiger partial charge is 0.352 e. The van der Waals surface area contributed by atoms with E-state index in [-0.39, 0.29) is 5.91 Å². The summed E-state index contributed by atoms with van der Waals surface area (Å²) < 4.78 is 0. The Hall–Kier alpha value is -1.34. The molecule has 0 heterocycles. The quantitative estimate of drug-likeness (QED) is 0.665. The van der Waals surface area contributed by atoms with Crippen LogP contribution >= 0.6 is 15.9 Å². The molecule has 0 bridgehead atoms. The molecule has 1 N–H and O–H groups in total. The van der Waals surface area contributed by atoms with Gasteiger partial charge in [0, 0.05) is 17.4 Å². The second kappa shape index (κ2) is 7.02. The van der Waals surface area contributed by atoms with Crippen LogP contribution in [0.3, 0.4) is 0 Å². The number of carbonyl (C=O) groups excluding carboxylic acids is 1. The van der Waals surface area contributed by atoms with Crippen LogP contribution in [0.5, 0.6) is 0 Å². The zero-order valence-corrected chi connectivity index (χ0v) is 10.5.